The highest BCUT2D eigenvalue weighted by molar-refractivity contribution is 6.25. The number of rotatable bonds is 3. The van der Waals surface area contributed by atoms with Gasteiger partial charge in [0.25, 0.3) is 0 Å². The van der Waals surface area contributed by atoms with Crippen LogP contribution in [0.4, 0.5) is 5.69 Å². The van der Waals surface area contributed by atoms with Crippen molar-refractivity contribution in [2.45, 2.75) is 33.1 Å². The summed E-state index contributed by atoms with van der Waals surface area (Å²) in [7, 11) is 0. The predicted octanol–water partition coefficient (Wildman–Crippen LogP) is 4.58. The van der Waals surface area contributed by atoms with Gasteiger partial charge in [-0.3, -0.25) is 28.9 Å². The Bertz CT molecular complexity index is 1770. The molecule has 0 bridgehead atoms. The van der Waals surface area contributed by atoms with Crippen LogP contribution in [0.2, 0.25) is 0 Å². The van der Waals surface area contributed by atoms with Crippen LogP contribution >= 0.6 is 0 Å². The number of carbonyl (C=O) groups excluding carboxylic acids is 5. The van der Waals surface area contributed by atoms with Crippen molar-refractivity contribution in [1.82, 2.24) is 0 Å². The Hall–Kier alpha value is -4.85. The predicted molar refractivity (Wildman–Crippen MR) is 152 cm³/mol. The lowest BCUT2D eigenvalue weighted by Gasteiger charge is -2.43. The highest BCUT2D eigenvalue weighted by Gasteiger charge is 2.57. The Labute approximate surface area is 241 Å². The molecule has 1 saturated heterocycles. The fourth-order valence-electron chi connectivity index (χ4n) is 7.27. The lowest BCUT2D eigenvalue weighted by Crippen LogP contribution is -2.41. The Kier molecular flexibility index (Phi) is 5.80. The number of benzene rings is 2. The third-order valence-corrected chi connectivity index (χ3v) is 9.24. The molecule has 42 heavy (non-hydrogen) atoms. The van der Waals surface area contributed by atoms with Crippen LogP contribution in [0.1, 0.15) is 42.6 Å². The fourth-order valence-corrected chi connectivity index (χ4v) is 7.27. The van der Waals surface area contributed by atoms with Gasteiger partial charge in [0, 0.05) is 40.2 Å². The molecule has 0 aromatic heterocycles. The maximum atomic E-state index is 14.0. The molecule has 5 aliphatic rings. The molecule has 1 N–H and O–H groups in total. The minimum absolute atomic E-state index is 0.0916. The first-order valence-electron chi connectivity index (χ1n) is 14.0. The van der Waals surface area contributed by atoms with Gasteiger partial charge in [0.15, 0.2) is 17.3 Å². The summed E-state index contributed by atoms with van der Waals surface area (Å²) in [4.78, 5) is 67.6. The monoisotopic (exact) mass is 561 g/mol. The molecule has 0 saturated carbocycles. The van der Waals surface area contributed by atoms with Crippen LogP contribution in [-0.2, 0) is 25.6 Å². The maximum absolute atomic E-state index is 14.0. The second-order valence-corrected chi connectivity index (χ2v) is 11.6. The van der Waals surface area contributed by atoms with Crippen LogP contribution in [0.15, 0.2) is 88.7 Å². The molecule has 3 aliphatic carbocycles. The van der Waals surface area contributed by atoms with Crippen LogP contribution < -0.4 is 9.64 Å². The molecule has 2 heterocycles. The SMILES string of the molecule is CC(=O)c1ccc(N2C(=O)C3CC=C4C(C5=COc6ccc(O)cc6C5)C5=C(CC4C3C2=O)C(=O)C=C(C)C5=O)cc1. The van der Waals surface area contributed by atoms with Gasteiger partial charge >= 0.3 is 0 Å². The molecule has 8 nitrogen and oxygen atoms in total. The van der Waals surface area contributed by atoms with Crippen LogP contribution in [-0.4, -0.2) is 34.3 Å². The summed E-state index contributed by atoms with van der Waals surface area (Å²) in [5, 5.41) is 10.1. The number of Topliss-reactive ketones (excluding diaryl/α,β-unsaturated/α-hetero) is 2. The molecule has 7 rings (SSSR count). The van der Waals surface area contributed by atoms with Gasteiger partial charge in [0.05, 0.1) is 23.8 Å². The summed E-state index contributed by atoms with van der Waals surface area (Å²) in [5.41, 5.74) is 4.38. The van der Waals surface area contributed by atoms with E-state index in [2.05, 4.69) is 0 Å². The van der Waals surface area contributed by atoms with Crippen LogP contribution in [0.3, 0.4) is 0 Å². The molecule has 2 aliphatic heterocycles. The average molecular weight is 562 g/mol. The van der Waals surface area contributed by atoms with Gasteiger partial charge in [-0.05, 0) is 86.7 Å². The van der Waals surface area contributed by atoms with Crippen LogP contribution in [0, 0.1) is 23.7 Å². The number of aromatic hydroxyl groups is 1. The van der Waals surface area contributed by atoms with Gasteiger partial charge in [-0.25, -0.2) is 0 Å². The van der Waals surface area contributed by atoms with E-state index in [4.69, 9.17) is 4.74 Å². The van der Waals surface area contributed by atoms with Crippen LogP contribution in [0.25, 0.3) is 0 Å². The van der Waals surface area contributed by atoms with Gasteiger partial charge < -0.3 is 9.84 Å². The van der Waals surface area contributed by atoms with E-state index in [0.29, 0.717) is 46.6 Å². The number of fused-ring (bicyclic) bond motifs is 4. The molecule has 2 amide bonds. The van der Waals surface area contributed by atoms with Crippen molar-refractivity contribution in [3.63, 3.8) is 0 Å². The number of amides is 2. The molecule has 0 radical (unpaired) electrons. The topological polar surface area (TPSA) is 118 Å². The Morgan fingerprint density at radius 2 is 1.76 bits per heavy atom. The first kappa shape index (κ1) is 26.1. The number of phenolic OH excluding ortho intramolecular Hbond substituents is 1. The summed E-state index contributed by atoms with van der Waals surface area (Å²) in [6, 6.07) is 11.3. The molecule has 0 spiro atoms. The lowest BCUT2D eigenvalue weighted by molar-refractivity contribution is -0.123. The molecule has 2 aromatic carbocycles. The highest BCUT2D eigenvalue weighted by Crippen LogP contribution is 2.55. The zero-order valence-corrected chi connectivity index (χ0v) is 23.0. The van der Waals surface area contributed by atoms with Gasteiger partial charge in [-0.2, -0.15) is 0 Å². The van der Waals surface area contributed by atoms with Gasteiger partial charge in [0.1, 0.15) is 11.5 Å². The van der Waals surface area contributed by atoms with Gasteiger partial charge in [0.2, 0.25) is 11.8 Å². The third-order valence-electron chi connectivity index (χ3n) is 9.24. The number of allylic oxidation sites excluding steroid dienone is 7. The quantitative estimate of drug-likeness (QED) is 0.252. The van der Waals surface area contributed by atoms with Crippen molar-refractivity contribution in [2.24, 2.45) is 23.7 Å². The number of ether oxygens (including phenoxy) is 1. The van der Waals surface area contributed by atoms with Crippen molar-refractivity contribution < 1.29 is 33.8 Å². The van der Waals surface area contributed by atoms with E-state index in [1.165, 1.54) is 17.9 Å². The zero-order valence-electron chi connectivity index (χ0n) is 23.0. The van der Waals surface area contributed by atoms with Crippen molar-refractivity contribution in [2.75, 3.05) is 4.90 Å². The zero-order chi connectivity index (χ0) is 29.4. The molecule has 2 aromatic rings. The minimum atomic E-state index is -0.696. The normalized spacial score (nSPS) is 26.4. The second-order valence-electron chi connectivity index (χ2n) is 11.6. The Balaban J connectivity index is 1.31. The van der Waals surface area contributed by atoms with E-state index < -0.39 is 23.7 Å². The number of phenols is 1. The number of carbonyl (C=O) groups is 5. The Morgan fingerprint density at radius 1 is 1.00 bits per heavy atom. The lowest BCUT2D eigenvalue weighted by atomic mass is 9.58. The third kappa shape index (κ3) is 3.78. The average Bonchev–Trinajstić information content (AvgIpc) is 3.24. The summed E-state index contributed by atoms with van der Waals surface area (Å²) < 4.78 is 5.93. The molecular weight excluding hydrogens is 534 g/mol. The maximum Gasteiger partial charge on any atom is 0.238 e. The first-order chi connectivity index (χ1) is 20.1. The van der Waals surface area contributed by atoms with E-state index in [1.54, 1.807) is 55.7 Å². The molecule has 210 valence electrons. The second kappa shape index (κ2) is 9.34. The summed E-state index contributed by atoms with van der Waals surface area (Å²) in [6.45, 7) is 3.08. The van der Waals surface area contributed by atoms with Crippen molar-refractivity contribution in [3.05, 3.63) is 99.9 Å². The summed E-state index contributed by atoms with van der Waals surface area (Å²) >= 11 is 0. The van der Waals surface area contributed by atoms with Crippen molar-refractivity contribution in [1.29, 1.82) is 0 Å². The molecule has 4 atom stereocenters. The number of hydrogen-bond donors (Lipinski definition) is 1. The van der Waals surface area contributed by atoms with Gasteiger partial charge in [-0.15, -0.1) is 0 Å². The molecule has 1 fully saturated rings. The minimum Gasteiger partial charge on any atom is -0.508 e. The summed E-state index contributed by atoms with van der Waals surface area (Å²) in [5.74, 6) is -2.88. The van der Waals surface area contributed by atoms with Crippen LogP contribution in [0.5, 0.6) is 11.5 Å². The van der Waals surface area contributed by atoms with E-state index in [0.717, 1.165) is 16.7 Å². The summed E-state index contributed by atoms with van der Waals surface area (Å²) in [6.07, 6.45) is 5.84. The standard InChI is InChI=1S/C34H27NO7/c1-16-11-27(38)26-14-25-23(29(31(26)32(16)39)20-12-19-13-22(37)7-10-28(19)42-15-20)8-9-24-30(25)34(41)35(33(24)40)21-5-3-18(4-6-21)17(2)36/h3-8,10-11,13,15,24-25,29-30,37H,9,12,14H2,1-2H3. The molecule has 4 unspecified atom stereocenters. The smallest absolute Gasteiger partial charge is 0.238 e. The largest absolute Gasteiger partial charge is 0.508 e. The molecule has 8 heteroatoms. The van der Waals surface area contributed by atoms with Gasteiger partial charge in [-0.1, -0.05) is 11.6 Å². The number of hydrogen-bond acceptors (Lipinski definition) is 7. The number of nitrogens with zero attached hydrogens (tertiary/aromatic N) is 1. The Morgan fingerprint density at radius 3 is 2.50 bits per heavy atom. The van der Waals surface area contributed by atoms with Crippen molar-refractivity contribution >= 4 is 34.9 Å². The van der Waals surface area contributed by atoms with E-state index in [-0.39, 0.29) is 41.3 Å². The number of ketones is 3. The fraction of sp³-hybridized carbons (Fsp3) is 0.265. The number of anilines is 1. The first-order valence-corrected chi connectivity index (χ1v) is 14.0. The highest BCUT2D eigenvalue weighted by atomic mass is 16.5. The van der Waals surface area contributed by atoms with E-state index in [1.807, 2.05) is 6.08 Å². The molecular formula is C34H27NO7. The van der Waals surface area contributed by atoms with Crippen molar-refractivity contribution in [3.8, 4) is 11.5 Å². The van der Waals surface area contributed by atoms with E-state index >= 15 is 0 Å². The number of imide groups is 1. The van der Waals surface area contributed by atoms with E-state index in [9.17, 15) is 29.1 Å².